The van der Waals surface area contributed by atoms with Gasteiger partial charge in [-0.2, -0.15) is 0 Å². The van der Waals surface area contributed by atoms with Gasteiger partial charge in [-0.05, 0) is 69.2 Å². The van der Waals surface area contributed by atoms with Crippen molar-refractivity contribution in [2.24, 2.45) is 11.3 Å². The lowest BCUT2D eigenvalue weighted by molar-refractivity contribution is -0.139. The van der Waals surface area contributed by atoms with Crippen LogP contribution in [0.4, 0.5) is 0 Å². The molecule has 146 valence electrons. The van der Waals surface area contributed by atoms with E-state index in [1.54, 1.807) is 0 Å². The molecule has 3 aliphatic rings. The minimum atomic E-state index is 0.0897. The third kappa shape index (κ3) is 4.03. The third-order valence-electron chi connectivity index (χ3n) is 6.95. The number of nitrogens with zero attached hydrogens (tertiary/aromatic N) is 2. The summed E-state index contributed by atoms with van der Waals surface area (Å²) in [6.07, 6.45) is 6.42. The van der Waals surface area contributed by atoms with Gasteiger partial charge in [0.15, 0.2) is 0 Å². The number of likely N-dealkylation sites (tertiary alicyclic amines) is 2. The van der Waals surface area contributed by atoms with Gasteiger partial charge in [0.25, 0.3) is 5.91 Å². The molecule has 3 aliphatic heterocycles. The van der Waals surface area contributed by atoms with Crippen LogP contribution in [0.3, 0.4) is 0 Å². The van der Waals surface area contributed by atoms with Crippen LogP contribution in [0.2, 0.25) is 0 Å². The van der Waals surface area contributed by atoms with Crippen molar-refractivity contribution < 1.29 is 9.59 Å². The Kier molecular flexibility index (Phi) is 5.48. The van der Waals surface area contributed by atoms with E-state index < -0.39 is 0 Å². The predicted octanol–water partition coefficient (Wildman–Crippen LogP) is 2.53. The van der Waals surface area contributed by atoms with E-state index in [0.29, 0.717) is 24.4 Å². The number of hydrogen-bond donors (Lipinski definition) is 1. The number of carbonyl (C=O) groups excluding carboxylic acids is 2. The minimum Gasteiger partial charge on any atom is -0.342 e. The van der Waals surface area contributed by atoms with Gasteiger partial charge in [0.05, 0.1) is 0 Å². The van der Waals surface area contributed by atoms with Crippen molar-refractivity contribution in [2.45, 2.75) is 38.5 Å². The fourth-order valence-corrected chi connectivity index (χ4v) is 5.01. The van der Waals surface area contributed by atoms with Crippen LogP contribution < -0.4 is 5.32 Å². The van der Waals surface area contributed by atoms with Gasteiger partial charge in [-0.15, -0.1) is 0 Å². The van der Waals surface area contributed by atoms with E-state index in [0.717, 1.165) is 57.4 Å². The molecule has 0 saturated carbocycles. The number of carbonyl (C=O) groups is 2. The Balaban J connectivity index is 1.27. The molecule has 0 unspecified atom stereocenters. The van der Waals surface area contributed by atoms with Gasteiger partial charge in [0, 0.05) is 37.7 Å². The number of nitrogens with one attached hydrogen (secondary N) is 1. The van der Waals surface area contributed by atoms with Gasteiger partial charge in [0.1, 0.15) is 0 Å². The van der Waals surface area contributed by atoms with Crippen LogP contribution in [0.1, 0.15) is 48.9 Å². The zero-order valence-electron chi connectivity index (χ0n) is 16.2. The molecule has 0 atom stereocenters. The SMILES string of the molecule is O=C(c1ccccc1)N1CCC(C(=O)N2CCC3(CCNCC3)CC2)CC1. The standard InChI is InChI=1S/C22H31N3O2/c26-20(18-4-2-1-3-5-18)24-14-6-19(7-15-24)21(27)25-16-10-22(11-17-25)8-12-23-13-9-22/h1-5,19,23H,6-17H2. The van der Waals surface area contributed by atoms with Crippen LogP contribution in [-0.2, 0) is 4.79 Å². The molecule has 2 amide bonds. The fraction of sp³-hybridized carbons (Fsp3) is 0.636. The molecule has 0 bridgehead atoms. The van der Waals surface area contributed by atoms with Crippen molar-refractivity contribution in [2.75, 3.05) is 39.3 Å². The summed E-state index contributed by atoms with van der Waals surface area (Å²) in [6.45, 7) is 5.47. The van der Waals surface area contributed by atoms with Gasteiger partial charge in [-0.25, -0.2) is 0 Å². The van der Waals surface area contributed by atoms with E-state index in [2.05, 4.69) is 10.2 Å². The van der Waals surface area contributed by atoms with Crippen LogP contribution in [0, 0.1) is 11.3 Å². The molecule has 5 nitrogen and oxygen atoms in total. The minimum absolute atomic E-state index is 0.0897. The molecule has 5 heteroatoms. The lowest BCUT2D eigenvalue weighted by atomic mass is 9.71. The Bertz CT molecular complexity index is 651. The summed E-state index contributed by atoms with van der Waals surface area (Å²) >= 11 is 0. The summed E-state index contributed by atoms with van der Waals surface area (Å²) < 4.78 is 0. The monoisotopic (exact) mass is 369 g/mol. The van der Waals surface area contributed by atoms with Gasteiger partial charge in [0.2, 0.25) is 5.91 Å². The highest BCUT2D eigenvalue weighted by Crippen LogP contribution is 2.40. The maximum atomic E-state index is 13.0. The van der Waals surface area contributed by atoms with E-state index in [1.807, 2.05) is 35.2 Å². The van der Waals surface area contributed by atoms with Crippen LogP contribution >= 0.6 is 0 Å². The molecule has 1 N–H and O–H groups in total. The molecule has 3 heterocycles. The van der Waals surface area contributed by atoms with Crippen molar-refractivity contribution in [3.8, 4) is 0 Å². The molecule has 0 radical (unpaired) electrons. The Morgan fingerprint density at radius 1 is 0.852 bits per heavy atom. The first kappa shape index (κ1) is 18.5. The van der Waals surface area contributed by atoms with Gasteiger partial charge >= 0.3 is 0 Å². The molecule has 1 spiro atoms. The summed E-state index contributed by atoms with van der Waals surface area (Å²) in [5.41, 5.74) is 1.22. The number of piperidine rings is 3. The summed E-state index contributed by atoms with van der Waals surface area (Å²) in [5.74, 6) is 0.504. The zero-order valence-corrected chi connectivity index (χ0v) is 16.2. The van der Waals surface area contributed by atoms with Crippen molar-refractivity contribution in [3.63, 3.8) is 0 Å². The summed E-state index contributed by atoms with van der Waals surface area (Å²) in [7, 11) is 0. The third-order valence-corrected chi connectivity index (χ3v) is 6.95. The summed E-state index contributed by atoms with van der Waals surface area (Å²) in [5, 5.41) is 3.45. The average Bonchev–Trinajstić information content (AvgIpc) is 2.75. The largest absolute Gasteiger partial charge is 0.342 e. The van der Waals surface area contributed by atoms with Crippen LogP contribution in [-0.4, -0.2) is 60.9 Å². The van der Waals surface area contributed by atoms with E-state index in [1.165, 1.54) is 12.8 Å². The molecule has 0 aliphatic carbocycles. The lowest BCUT2D eigenvalue weighted by Crippen LogP contribution is -2.50. The van der Waals surface area contributed by atoms with Crippen molar-refractivity contribution >= 4 is 11.8 Å². The van der Waals surface area contributed by atoms with Crippen LogP contribution in [0.25, 0.3) is 0 Å². The van der Waals surface area contributed by atoms with Crippen molar-refractivity contribution in [3.05, 3.63) is 35.9 Å². The molecule has 3 saturated heterocycles. The fourth-order valence-electron chi connectivity index (χ4n) is 5.01. The average molecular weight is 370 g/mol. The lowest BCUT2D eigenvalue weighted by Gasteiger charge is -2.45. The molecule has 3 fully saturated rings. The first-order valence-electron chi connectivity index (χ1n) is 10.5. The second-order valence-corrected chi connectivity index (χ2v) is 8.51. The molecule has 1 aromatic carbocycles. The Labute approximate surface area is 162 Å². The molecular formula is C22H31N3O2. The highest BCUT2D eigenvalue weighted by molar-refractivity contribution is 5.94. The quantitative estimate of drug-likeness (QED) is 0.872. The van der Waals surface area contributed by atoms with E-state index >= 15 is 0 Å². The van der Waals surface area contributed by atoms with E-state index in [4.69, 9.17) is 0 Å². The first-order valence-corrected chi connectivity index (χ1v) is 10.5. The van der Waals surface area contributed by atoms with E-state index in [9.17, 15) is 9.59 Å². The number of amides is 2. The van der Waals surface area contributed by atoms with E-state index in [-0.39, 0.29) is 11.8 Å². The molecule has 0 aromatic heterocycles. The molecule has 4 rings (SSSR count). The highest BCUT2D eigenvalue weighted by Gasteiger charge is 2.38. The van der Waals surface area contributed by atoms with Crippen LogP contribution in [0.15, 0.2) is 30.3 Å². The van der Waals surface area contributed by atoms with Gasteiger partial charge < -0.3 is 15.1 Å². The maximum Gasteiger partial charge on any atom is 0.253 e. The summed E-state index contributed by atoms with van der Waals surface area (Å²) in [6, 6.07) is 9.45. The smallest absolute Gasteiger partial charge is 0.253 e. The first-order chi connectivity index (χ1) is 13.2. The second-order valence-electron chi connectivity index (χ2n) is 8.51. The van der Waals surface area contributed by atoms with Crippen LogP contribution in [0.5, 0.6) is 0 Å². The number of rotatable bonds is 2. The van der Waals surface area contributed by atoms with Gasteiger partial charge in [-0.3, -0.25) is 9.59 Å². The highest BCUT2D eigenvalue weighted by atomic mass is 16.2. The second kappa shape index (κ2) is 8.01. The topological polar surface area (TPSA) is 52.7 Å². The molecule has 1 aromatic rings. The van der Waals surface area contributed by atoms with Crippen molar-refractivity contribution in [1.82, 2.24) is 15.1 Å². The Hall–Kier alpha value is -1.88. The molecular weight excluding hydrogens is 338 g/mol. The maximum absolute atomic E-state index is 13.0. The normalized spacial score (nSPS) is 23.4. The Morgan fingerprint density at radius 3 is 2.11 bits per heavy atom. The Morgan fingerprint density at radius 2 is 1.48 bits per heavy atom. The predicted molar refractivity (Wildman–Crippen MR) is 105 cm³/mol. The van der Waals surface area contributed by atoms with Gasteiger partial charge in [-0.1, -0.05) is 18.2 Å². The van der Waals surface area contributed by atoms with Crippen molar-refractivity contribution in [1.29, 1.82) is 0 Å². The zero-order chi connectivity index (χ0) is 18.7. The number of benzene rings is 1. The summed E-state index contributed by atoms with van der Waals surface area (Å²) in [4.78, 5) is 29.6. The molecule has 27 heavy (non-hydrogen) atoms. The number of hydrogen-bond acceptors (Lipinski definition) is 3.